The molecule has 1 aromatic rings. The molecule has 1 aliphatic carbocycles. The minimum atomic E-state index is -0.496. The van der Waals surface area contributed by atoms with Crippen LogP contribution < -0.4 is 5.32 Å². The number of aliphatic hydroxyl groups is 1. The van der Waals surface area contributed by atoms with Crippen molar-refractivity contribution in [3.05, 3.63) is 35.4 Å². The molecular weight excluding hydrogens is 312 g/mol. The van der Waals surface area contributed by atoms with Crippen molar-refractivity contribution in [1.29, 1.82) is 0 Å². The summed E-state index contributed by atoms with van der Waals surface area (Å²) in [4.78, 5) is 14.3. The van der Waals surface area contributed by atoms with Crippen LogP contribution in [0.1, 0.15) is 56.1 Å². The van der Waals surface area contributed by atoms with Gasteiger partial charge in [0.15, 0.2) is 0 Å². The highest BCUT2D eigenvalue weighted by Crippen LogP contribution is 2.27. The molecule has 1 amide bonds. The van der Waals surface area contributed by atoms with Crippen LogP contribution in [-0.2, 0) is 17.8 Å². The smallest absolute Gasteiger partial charge is 0.220 e. The molecule has 0 bridgehead atoms. The first-order valence-corrected chi connectivity index (χ1v) is 9.94. The molecule has 1 fully saturated rings. The Kier molecular flexibility index (Phi) is 6.88. The van der Waals surface area contributed by atoms with Crippen molar-refractivity contribution in [1.82, 2.24) is 10.2 Å². The first-order valence-electron chi connectivity index (χ1n) is 9.94. The summed E-state index contributed by atoms with van der Waals surface area (Å²) in [5, 5.41) is 13.2. The summed E-state index contributed by atoms with van der Waals surface area (Å²) in [6.45, 7) is 2.85. The van der Waals surface area contributed by atoms with Crippen LogP contribution in [0.25, 0.3) is 0 Å². The highest BCUT2D eigenvalue weighted by atomic mass is 16.3. The van der Waals surface area contributed by atoms with Crippen LogP contribution in [0, 0.1) is 5.92 Å². The van der Waals surface area contributed by atoms with Gasteiger partial charge in [-0.15, -0.1) is 0 Å². The van der Waals surface area contributed by atoms with Crippen molar-refractivity contribution < 1.29 is 9.90 Å². The third-order valence-electron chi connectivity index (χ3n) is 5.72. The quantitative estimate of drug-likeness (QED) is 0.800. The number of carbonyl (C=O) groups excluding carboxylic acids is 1. The van der Waals surface area contributed by atoms with Gasteiger partial charge in [0.05, 0.1) is 6.10 Å². The minimum Gasteiger partial charge on any atom is -0.390 e. The second kappa shape index (κ2) is 9.35. The summed E-state index contributed by atoms with van der Waals surface area (Å²) in [6.07, 6.45) is 8.72. The number of amides is 1. The van der Waals surface area contributed by atoms with Gasteiger partial charge < -0.3 is 10.4 Å². The fourth-order valence-electron chi connectivity index (χ4n) is 4.20. The van der Waals surface area contributed by atoms with E-state index in [4.69, 9.17) is 0 Å². The highest BCUT2D eigenvalue weighted by Gasteiger charge is 2.19. The van der Waals surface area contributed by atoms with Crippen molar-refractivity contribution in [3.63, 3.8) is 0 Å². The Morgan fingerprint density at radius 3 is 2.76 bits per heavy atom. The summed E-state index contributed by atoms with van der Waals surface area (Å²) in [7, 11) is 0. The van der Waals surface area contributed by atoms with Crippen LogP contribution in [0.5, 0.6) is 0 Å². The van der Waals surface area contributed by atoms with Gasteiger partial charge in [0.1, 0.15) is 0 Å². The Balaban J connectivity index is 1.32. The lowest BCUT2D eigenvalue weighted by Gasteiger charge is -2.30. The summed E-state index contributed by atoms with van der Waals surface area (Å²) in [6, 6.07) is 8.52. The Labute approximate surface area is 151 Å². The van der Waals surface area contributed by atoms with Crippen LogP contribution in [0.3, 0.4) is 0 Å². The lowest BCUT2D eigenvalue weighted by Crippen LogP contribution is -2.42. The van der Waals surface area contributed by atoms with Crippen molar-refractivity contribution in [3.8, 4) is 0 Å². The number of carbonyl (C=O) groups is 1. The summed E-state index contributed by atoms with van der Waals surface area (Å²) < 4.78 is 0. The van der Waals surface area contributed by atoms with E-state index in [1.165, 1.54) is 43.2 Å². The van der Waals surface area contributed by atoms with Gasteiger partial charge in [-0.05, 0) is 29.9 Å². The average Bonchev–Trinajstić information content (AvgIpc) is 2.65. The van der Waals surface area contributed by atoms with E-state index < -0.39 is 6.10 Å². The summed E-state index contributed by atoms with van der Waals surface area (Å²) >= 11 is 0. The Bertz CT molecular complexity index is 555. The van der Waals surface area contributed by atoms with Crippen LogP contribution >= 0.6 is 0 Å². The van der Waals surface area contributed by atoms with Crippen molar-refractivity contribution >= 4 is 5.91 Å². The molecular formula is C21H32N2O2. The monoisotopic (exact) mass is 344 g/mol. The van der Waals surface area contributed by atoms with Gasteiger partial charge in [-0.25, -0.2) is 0 Å². The molecule has 4 nitrogen and oxygen atoms in total. The molecule has 0 radical (unpaired) electrons. The Hall–Kier alpha value is -1.39. The van der Waals surface area contributed by atoms with Gasteiger partial charge in [-0.2, -0.15) is 0 Å². The molecule has 1 aliphatic heterocycles. The molecule has 2 aliphatic rings. The van der Waals surface area contributed by atoms with Crippen LogP contribution in [0.4, 0.5) is 0 Å². The predicted molar refractivity (Wildman–Crippen MR) is 100 cm³/mol. The third-order valence-corrected chi connectivity index (χ3v) is 5.72. The van der Waals surface area contributed by atoms with Crippen molar-refractivity contribution in [2.75, 3.05) is 19.6 Å². The molecule has 1 heterocycles. The number of hydrogen-bond acceptors (Lipinski definition) is 3. The predicted octanol–water partition coefficient (Wildman–Crippen LogP) is 2.88. The van der Waals surface area contributed by atoms with Crippen LogP contribution in [0.15, 0.2) is 24.3 Å². The van der Waals surface area contributed by atoms with E-state index >= 15 is 0 Å². The molecule has 0 aromatic heterocycles. The number of fused-ring (bicyclic) bond motifs is 1. The maximum Gasteiger partial charge on any atom is 0.220 e. The second-order valence-corrected chi connectivity index (χ2v) is 7.75. The fraction of sp³-hybridized carbons (Fsp3) is 0.667. The van der Waals surface area contributed by atoms with E-state index in [2.05, 4.69) is 34.5 Å². The first-order chi connectivity index (χ1) is 12.2. The Morgan fingerprint density at radius 2 is 1.96 bits per heavy atom. The minimum absolute atomic E-state index is 0.0913. The number of benzene rings is 1. The van der Waals surface area contributed by atoms with E-state index in [0.29, 0.717) is 19.5 Å². The molecule has 1 atom stereocenters. The third kappa shape index (κ3) is 5.82. The first kappa shape index (κ1) is 18.4. The number of aliphatic hydroxyl groups excluding tert-OH is 1. The fourth-order valence-corrected chi connectivity index (χ4v) is 4.20. The van der Waals surface area contributed by atoms with Crippen molar-refractivity contribution in [2.24, 2.45) is 5.92 Å². The lowest BCUT2D eigenvalue weighted by molar-refractivity contribution is -0.122. The summed E-state index contributed by atoms with van der Waals surface area (Å²) in [5.74, 6) is 0.825. The van der Waals surface area contributed by atoms with E-state index in [1.807, 2.05) is 0 Å². The Morgan fingerprint density at radius 1 is 1.20 bits per heavy atom. The molecule has 0 spiro atoms. The SMILES string of the molecule is O=C(CCC1CCCCC1)NCC(O)CN1CCc2ccccc2C1. The number of hydrogen-bond donors (Lipinski definition) is 2. The van der Waals surface area contributed by atoms with E-state index in [1.54, 1.807) is 0 Å². The number of β-amino-alcohol motifs (C(OH)–C–C–N with tert-alkyl or cyclic N) is 1. The maximum absolute atomic E-state index is 12.0. The van der Waals surface area contributed by atoms with Crippen LogP contribution in [0.2, 0.25) is 0 Å². The van der Waals surface area contributed by atoms with Gasteiger partial charge in [0, 0.05) is 32.6 Å². The number of rotatable bonds is 7. The van der Waals surface area contributed by atoms with Gasteiger partial charge >= 0.3 is 0 Å². The van der Waals surface area contributed by atoms with Crippen molar-refractivity contribution in [2.45, 2.75) is 64.0 Å². The largest absolute Gasteiger partial charge is 0.390 e. The zero-order valence-electron chi connectivity index (χ0n) is 15.3. The number of nitrogens with one attached hydrogen (secondary N) is 1. The van der Waals surface area contributed by atoms with E-state index in [-0.39, 0.29) is 5.91 Å². The number of nitrogens with zero attached hydrogens (tertiary/aromatic N) is 1. The molecule has 1 unspecified atom stereocenters. The molecule has 3 rings (SSSR count). The molecule has 2 N–H and O–H groups in total. The average molecular weight is 344 g/mol. The molecule has 138 valence electrons. The lowest BCUT2D eigenvalue weighted by atomic mass is 9.86. The molecule has 0 saturated heterocycles. The maximum atomic E-state index is 12.0. The second-order valence-electron chi connectivity index (χ2n) is 7.75. The zero-order chi connectivity index (χ0) is 17.5. The normalized spacial score (nSPS) is 20.0. The van der Waals surface area contributed by atoms with Gasteiger partial charge in [0.2, 0.25) is 5.91 Å². The van der Waals surface area contributed by atoms with Gasteiger partial charge in [0.25, 0.3) is 0 Å². The zero-order valence-corrected chi connectivity index (χ0v) is 15.3. The molecule has 1 saturated carbocycles. The highest BCUT2D eigenvalue weighted by molar-refractivity contribution is 5.75. The molecule has 1 aromatic carbocycles. The van der Waals surface area contributed by atoms with E-state index in [9.17, 15) is 9.90 Å². The van der Waals surface area contributed by atoms with E-state index in [0.717, 1.165) is 31.8 Å². The molecule has 25 heavy (non-hydrogen) atoms. The standard InChI is InChI=1S/C21H32N2O2/c24-20(14-22-21(25)11-10-17-6-2-1-3-7-17)16-23-13-12-18-8-4-5-9-19(18)15-23/h4-5,8-9,17,20,24H,1-3,6-7,10-16H2,(H,22,25). The van der Waals surface area contributed by atoms with Gasteiger partial charge in [-0.1, -0.05) is 56.4 Å². The molecule has 4 heteroatoms. The summed E-state index contributed by atoms with van der Waals surface area (Å²) in [5.41, 5.74) is 2.78. The topological polar surface area (TPSA) is 52.6 Å². The van der Waals surface area contributed by atoms with Gasteiger partial charge in [-0.3, -0.25) is 9.69 Å². The van der Waals surface area contributed by atoms with Crippen LogP contribution in [-0.4, -0.2) is 41.7 Å².